The second kappa shape index (κ2) is 8.41. The highest BCUT2D eigenvalue weighted by Crippen LogP contribution is 2.40. The van der Waals surface area contributed by atoms with E-state index < -0.39 is 0 Å². The summed E-state index contributed by atoms with van der Waals surface area (Å²) in [4.78, 5) is 14.3. The van der Waals surface area contributed by atoms with Crippen LogP contribution in [0.2, 0.25) is 0 Å². The van der Waals surface area contributed by atoms with E-state index in [-0.39, 0.29) is 6.10 Å². The molecule has 152 valence electrons. The highest BCUT2D eigenvalue weighted by atomic mass is 32.1. The third-order valence-corrected chi connectivity index (χ3v) is 7.74. The molecule has 0 bridgehead atoms. The lowest BCUT2D eigenvalue weighted by molar-refractivity contribution is 0.0850. The number of hydrogen-bond donors (Lipinski definition) is 0. The van der Waals surface area contributed by atoms with Crippen molar-refractivity contribution in [2.75, 3.05) is 6.54 Å². The Bertz CT molecular complexity index is 963. The molecule has 2 aromatic heterocycles. The van der Waals surface area contributed by atoms with Crippen LogP contribution < -0.4 is 4.74 Å². The molecule has 3 aromatic rings. The summed E-state index contributed by atoms with van der Waals surface area (Å²) in [5.74, 6) is 0.828. The van der Waals surface area contributed by atoms with E-state index in [1.54, 1.807) is 6.33 Å². The normalized spacial score (nSPS) is 21.6. The third-order valence-electron chi connectivity index (χ3n) is 6.54. The summed E-state index contributed by atoms with van der Waals surface area (Å²) >= 11 is 1.83. The number of benzene rings is 1. The maximum absolute atomic E-state index is 6.47. The van der Waals surface area contributed by atoms with Gasteiger partial charge >= 0.3 is 0 Å². The summed E-state index contributed by atoms with van der Waals surface area (Å²) in [6.07, 6.45) is 10.1. The quantitative estimate of drug-likeness (QED) is 0.549. The van der Waals surface area contributed by atoms with Crippen LogP contribution >= 0.6 is 11.3 Å². The van der Waals surface area contributed by atoms with Gasteiger partial charge in [0.05, 0.1) is 5.39 Å². The largest absolute Gasteiger partial charge is 0.474 e. The van der Waals surface area contributed by atoms with Gasteiger partial charge in [-0.25, -0.2) is 9.97 Å². The Morgan fingerprint density at radius 3 is 2.69 bits per heavy atom. The van der Waals surface area contributed by atoms with E-state index in [1.807, 2.05) is 11.3 Å². The highest BCUT2D eigenvalue weighted by molar-refractivity contribution is 7.18. The molecule has 0 amide bonds. The summed E-state index contributed by atoms with van der Waals surface area (Å²) in [7, 11) is 0. The summed E-state index contributed by atoms with van der Waals surface area (Å²) in [6.45, 7) is 4.42. The van der Waals surface area contributed by atoms with Gasteiger partial charge in [-0.15, -0.1) is 11.3 Å². The predicted octanol–water partition coefficient (Wildman–Crippen LogP) is 5.39. The first-order valence-electron chi connectivity index (χ1n) is 11.0. The van der Waals surface area contributed by atoms with Crippen LogP contribution in [0, 0.1) is 0 Å². The van der Waals surface area contributed by atoms with Gasteiger partial charge in [0.1, 0.15) is 17.3 Å². The molecule has 0 aliphatic heterocycles. The van der Waals surface area contributed by atoms with Gasteiger partial charge in [-0.2, -0.15) is 0 Å². The Labute approximate surface area is 176 Å². The molecule has 29 heavy (non-hydrogen) atoms. The zero-order valence-electron chi connectivity index (χ0n) is 17.1. The molecule has 0 radical (unpaired) electrons. The lowest BCUT2D eigenvalue weighted by atomic mass is 9.91. The molecule has 2 heterocycles. The molecule has 1 aromatic carbocycles. The lowest BCUT2D eigenvalue weighted by Gasteiger charge is -2.36. The summed E-state index contributed by atoms with van der Waals surface area (Å²) in [6, 6.07) is 11.5. The van der Waals surface area contributed by atoms with Gasteiger partial charge in [0.15, 0.2) is 0 Å². The Hall–Kier alpha value is -1.98. The second-order valence-electron chi connectivity index (χ2n) is 8.31. The maximum atomic E-state index is 6.47. The predicted molar refractivity (Wildman–Crippen MR) is 119 cm³/mol. The van der Waals surface area contributed by atoms with Gasteiger partial charge in [0.25, 0.3) is 0 Å². The van der Waals surface area contributed by atoms with Crippen molar-refractivity contribution < 1.29 is 4.74 Å². The smallest absolute Gasteiger partial charge is 0.225 e. The average Bonchev–Trinajstić information content (AvgIpc) is 3.35. The number of thiophene rings is 1. The van der Waals surface area contributed by atoms with Gasteiger partial charge in [0, 0.05) is 17.5 Å². The van der Waals surface area contributed by atoms with Crippen LogP contribution in [0.4, 0.5) is 0 Å². The van der Waals surface area contributed by atoms with Crippen LogP contribution in [0.25, 0.3) is 10.2 Å². The zero-order chi connectivity index (χ0) is 19.6. The molecule has 0 unspecified atom stereocenters. The fourth-order valence-electron chi connectivity index (χ4n) is 4.99. The van der Waals surface area contributed by atoms with Crippen molar-refractivity contribution in [1.29, 1.82) is 0 Å². The fraction of sp³-hybridized carbons (Fsp3) is 0.500. The fourth-order valence-corrected chi connectivity index (χ4v) is 6.21. The molecule has 1 fully saturated rings. The topological polar surface area (TPSA) is 38.2 Å². The molecule has 1 saturated carbocycles. The molecular weight excluding hydrogens is 378 g/mol. The number of fused-ring (bicyclic) bond motifs is 3. The minimum atomic E-state index is 0.275. The van der Waals surface area contributed by atoms with Crippen molar-refractivity contribution in [3.8, 4) is 5.88 Å². The van der Waals surface area contributed by atoms with Gasteiger partial charge < -0.3 is 4.74 Å². The molecule has 0 N–H and O–H groups in total. The number of aromatic nitrogens is 2. The van der Waals surface area contributed by atoms with E-state index in [9.17, 15) is 0 Å². The Morgan fingerprint density at radius 1 is 1.07 bits per heavy atom. The molecule has 5 rings (SSSR count). The van der Waals surface area contributed by atoms with Crippen LogP contribution in [0.15, 0.2) is 36.7 Å². The maximum Gasteiger partial charge on any atom is 0.225 e. The molecule has 4 nitrogen and oxygen atoms in total. The number of hydrogen-bond acceptors (Lipinski definition) is 5. The molecule has 0 saturated heterocycles. The molecule has 0 spiro atoms. The molecule has 2 aliphatic rings. The highest BCUT2D eigenvalue weighted by Gasteiger charge is 2.28. The van der Waals surface area contributed by atoms with Crippen LogP contribution in [0.3, 0.4) is 0 Å². The van der Waals surface area contributed by atoms with E-state index in [0.29, 0.717) is 6.04 Å². The first-order chi connectivity index (χ1) is 14.3. The first kappa shape index (κ1) is 19.0. The molecule has 0 atom stereocenters. The van der Waals surface area contributed by atoms with Crippen LogP contribution in [0.5, 0.6) is 5.88 Å². The van der Waals surface area contributed by atoms with Crippen molar-refractivity contribution in [3.63, 3.8) is 0 Å². The minimum absolute atomic E-state index is 0.275. The van der Waals surface area contributed by atoms with Crippen molar-refractivity contribution in [3.05, 3.63) is 52.7 Å². The van der Waals surface area contributed by atoms with Crippen molar-refractivity contribution >= 4 is 21.6 Å². The van der Waals surface area contributed by atoms with E-state index in [1.165, 1.54) is 47.1 Å². The van der Waals surface area contributed by atoms with E-state index in [2.05, 4.69) is 52.1 Å². The molecule has 5 heteroatoms. The first-order valence-corrected chi connectivity index (χ1v) is 11.8. The average molecular weight is 408 g/mol. The number of nitrogens with zero attached hydrogens (tertiary/aromatic N) is 3. The van der Waals surface area contributed by atoms with Gasteiger partial charge in [-0.3, -0.25) is 4.90 Å². The molecule has 2 aliphatic carbocycles. The van der Waals surface area contributed by atoms with Crippen molar-refractivity contribution in [2.45, 2.75) is 70.6 Å². The Kier molecular flexibility index (Phi) is 5.51. The van der Waals surface area contributed by atoms with E-state index >= 15 is 0 Å². The van der Waals surface area contributed by atoms with Gasteiger partial charge in [-0.1, -0.05) is 37.3 Å². The van der Waals surface area contributed by atoms with Gasteiger partial charge in [-0.05, 0) is 62.6 Å². The standard InChI is InChI=1S/C24H29N3OS/c1-2-27(15-17-7-4-3-5-8-17)18-11-13-19(14-12-18)28-23-22-20-9-6-10-21(20)29-24(22)26-16-25-23/h3-5,7-8,16,18-19H,2,6,9-15H2,1H3/t18-,19-. The summed E-state index contributed by atoms with van der Waals surface area (Å²) < 4.78 is 6.47. The van der Waals surface area contributed by atoms with Crippen molar-refractivity contribution in [2.24, 2.45) is 0 Å². The number of ether oxygens (including phenoxy) is 1. The SMILES string of the molecule is CCN(Cc1ccccc1)[C@H]1CC[C@H](Oc2ncnc3sc4c(c23)CCC4)CC1. The minimum Gasteiger partial charge on any atom is -0.474 e. The zero-order valence-corrected chi connectivity index (χ0v) is 18.0. The molecular formula is C24H29N3OS. The number of aryl methyl sites for hydroxylation is 2. The lowest BCUT2D eigenvalue weighted by Crippen LogP contribution is -2.39. The Balaban J connectivity index is 1.24. The monoisotopic (exact) mass is 407 g/mol. The van der Waals surface area contributed by atoms with Crippen LogP contribution in [-0.4, -0.2) is 33.6 Å². The third kappa shape index (κ3) is 3.90. The second-order valence-corrected chi connectivity index (χ2v) is 9.40. The Morgan fingerprint density at radius 2 is 1.90 bits per heavy atom. The van der Waals surface area contributed by atoms with Crippen LogP contribution in [0.1, 0.15) is 55.0 Å². The van der Waals surface area contributed by atoms with Crippen molar-refractivity contribution in [1.82, 2.24) is 14.9 Å². The summed E-state index contributed by atoms with van der Waals surface area (Å²) in [5.41, 5.74) is 2.86. The van der Waals surface area contributed by atoms with E-state index in [4.69, 9.17) is 4.74 Å². The van der Waals surface area contributed by atoms with E-state index in [0.717, 1.165) is 43.1 Å². The van der Waals surface area contributed by atoms with Crippen LogP contribution in [-0.2, 0) is 19.4 Å². The van der Waals surface area contributed by atoms with Gasteiger partial charge in [0.2, 0.25) is 5.88 Å². The number of rotatable bonds is 6. The summed E-state index contributed by atoms with van der Waals surface area (Å²) in [5, 5.41) is 1.20.